The van der Waals surface area contributed by atoms with E-state index in [9.17, 15) is 14.4 Å². The van der Waals surface area contributed by atoms with Crippen LogP contribution in [0.2, 0.25) is 0 Å². The summed E-state index contributed by atoms with van der Waals surface area (Å²) < 4.78 is 5.09. The first-order valence-electron chi connectivity index (χ1n) is 7.91. The lowest BCUT2D eigenvalue weighted by Gasteiger charge is -2.23. The van der Waals surface area contributed by atoms with Gasteiger partial charge in [0.2, 0.25) is 11.8 Å². The van der Waals surface area contributed by atoms with Gasteiger partial charge < -0.3 is 19.6 Å². The number of methoxy groups -OCH3 is 1. The van der Waals surface area contributed by atoms with Gasteiger partial charge in [-0.2, -0.15) is 0 Å². The zero-order valence-corrected chi connectivity index (χ0v) is 13.9. The van der Waals surface area contributed by atoms with Gasteiger partial charge in [0.25, 0.3) is 0 Å². The van der Waals surface area contributed by atoms with Crippen LogP contribution >= 0.6 is 0 Å². The molecule has 1 aliphatic heterocycles. The van der Waals surface area contributed by atoms with Gasteiger partial charge in [-0.1, -0.05) is 6.92 Å². The Balaban J connectivity index is 2.09. The van der Waals surface area contributed by atoms with Crippen molar-refractivity contribution in [2.75, 3.05) is 31.6 Å². The number of carbonyl (C=O) groups excluding carboxylic acids is 2. The molecule has 0 spiro atoms. The third kappa shape index (κ3) is 4.04. The number of anilines is 1. The maximum absolute atomic E-state index is 12.6. The molecule has 24 heavy (non-hydrogen) atoms. The largest absolute Gasteiger partial charge is 0.497 e. The second-order valence-corrected chi connectivity index (χ2v) is 5.76. The van der Waals surface area contributed by atoms with Gasteiger partial charge >= 0.3 is 5.97 Å². The minimum atomic E-state index is -1.05. The lowest BCUT2D eigenvalue weighted by Crippen LogP contribution is -2.41. The molecule has 2 rings (SSSR count). The van der Waals surface area contributed by atoms with Crippen LogP contribution < -0.4 is 9.64 Å². The van der Waals surface area contributed by atoms with Gasteiger partial charge in [-0.15, -0.1) is 0 Å². The predicted molar refractivity (Wildman–Crippen MR) is 88.0 cm³/mol. The summed E-state index contributed by atoms with van der Waals surface area (Å²) in [5.41, 5.74) is 0.705. The molecule has 1 aromatic rings. The highest BCUT2D eigenvalue weighted by Gasteiger charge is 2.37. The molecule has 0 radical (unpaired) electrons. The maximum Gasteiger partial charge on any atom is 0.323 e. The van der Waals surface area contributed by atoms with Gasteiger partial charge in [-0.3, -0.25) is 14.4 Å². The van der Waals surface area contributed by atoms with Gasteiger partial charge in [-0.05, 0) is 30.7 Å². The third-order valence-electron chi connectivity index (χ3n) is 3.99. The normalized spacial score (nSPS) is 17.0. The van der Waals surface area contributed by atoms with Crippen LogP contribution in [0.4, 0.5) is 5.69 Å². The number of carbonyl (C=O) groups is 3. The van der Waals surface area contributed by atoms with Crippen molar-refractivity contribution >= 4 is 23.5 Å². The molecule has 1 fully saturated rings. The van der Waals surface area contributed by atoms with E-state index in [1.54, 1.807) is 36.3 Å². The maximum atomic E-state index is 12.6. The molecule has 7 nitrogen and oxygen atoms in total. The molecular formula is C17H22N2O5. The van der Waals surface area contributed by atoms with Crippen LogP contribution in [0, 0.1) is 5.92 Å². The van der Waals surface area contributed by atoms with Gasteiger partial charge in [-0.25, -0.2) is 0 Å². The summed E-state index contributed by atoms with van der Waals surface area (Å²) >= 11 is 0. The topological polar surface area (TPSA) is 87.2 Å². The van der Waals surface area contributed by atoms with Crippen molar-refractivity contribution in [1.29, 1.82) is 0 Å². The van der Waals surface area contributed by atoms with E-state index < -0.39 is 11.9 Å². The molecule has 0 bridgehead atoms. The fourth-order valence-electron chi connectivity index (χ4n) is 2.84. The van der Waals surface area contributed by atoms with Crippen molar-refractivity contribution < 1.29 is 24.2 Å². The number of carboxylic acids is 1. The van der Waals surface area contributed by atoms with E-state index >= 15 is 0 Å². The summed E-state index contributed by atoms with van der Waals surface area (Å²) in [6.07, 6.45) is 0.770. The van der Waals surface area contributed by atoms with Crippen molar-refractivity contribution in [3.63, 3.8) is 0 Å². The number of carboxylic acid groups (broad SMARTS) is 1. The SMILES string of the molecule is CCCN(CC(=O)O)C(=O)C1CC(=O)N(c2ccc(OC)cc2)C1. The van der Waals surface area contributed by atoms with E-state index in [2.05, 4.69) is 0 Å². The van der Waals surface area contributed by atoms with Crippen molar-refractivity contribution in [2.24, 2.45) is 5.92 Å². The first-order valence-corrected chi connectivity index (χ1v) is 7.91. The molecule has 2 amide bonds. The lowest BCUT2D eigenvalue weighted by atomic mass is 10.1. The molecular weight excluding hydrogens is 312 g/mol. The number of nitrogens with zero attached hydrogens (tertiary/aromatic N) is 2. The lowest BCUT2D eigenvalue weighted by molar-refractivity contribution is -0.146. The Hall–Kier alpha value is -2.57. The number of ether oxygens (including phenoxy) is 1. The molecule has 0 aromatic heterocycles. The van der Waals surface area contributed by atoms with E-state index in [-0.39, 0.29) is 31.3 Å². The Morgan fingerprint density at radius 1 is 1.33 bits per heavy atom. The van der Waals surface area contributed by atoms with Gasteiger partial charge in [0.05, 0.1) is 13.0 Å². The minimum absolute atomic E-state index is 0.102. The Morgan fingerprint density at radius 3 is 2.54 bits per heavy atom. The monoisotopic (exact) mass is 334 g/mol. The molecule has 0 aliphatic carbocycles. The van der Waals surface area contributed by atoms with Gasteiger partial charge in [0, 0.05) is 25.2 Å². The van der Waals surface area contributed by atoms with E-state index in [1.807, 2.05) is 6.92 Å². The summed E-state index contributed by atoms with van der Waals surface area (Å²) in [6.45, 7) is 2.19. The summed E-state index contributed by atoms with van der Waals surface area (Å²) in [6, 6.07) is 7.05. The first-order chi connectivity index (χ1) is 11.5. The standard InChI is InChI=1S/C17H22N2O5/c1-3-8-18(11-16(21)22)17(23)12-9-15(20)19(10-12)13-4-6-14(24-2)7-5-13/h4-7,12H,3,8-11H2,1-2H3,(H,21,22). The average molecular weight is 334 g/mol. The van der Waals surface area contributed by atoms with E-state index in [4.69, 9.17) is 9.84 Å². The van der Waals surface area contributed by atoms with Crippen molar-refractivity contribution in [3.05, 3.63) is 24.3 Å². The van der Waals surface area contributed by atoms with Gasteiger partial charge in [0.1, 0.15) is 12.3 Å². The van der Waals surface area contributed by atoms with Crippen LogP contribution in [-0.2, 0) is 14.4 Å². The Labute approximate surface area is 140 Å². The molecule has 130 valence electrons. The molecule has 1 aliphatic rings. The number of amides is 2. The summed E-state index contributed by atoms with van der Waals surface area (Å²) in [7, 11) is 1.56. The smallest absolute Gasteiger partial charge is 0.323 e. The number of hydrogen-bond acceptors (Lipinski definition) is 4. The molecule has 7 heteroatoms. The second kappa shape index (κ2) is 7.81. The van der Waals surface area contributed by atoms with Crippen molar-refractivity contribution in [2.45, 2.75) is 19.8 Å². The highest BCUT2D eigenvalue weighted by Crippen LogP contribution is 2.27. The molecule has 1 heterocycles. The van der Waals surface area contributed by atoms with Gasteiger partial charge in [0.15, 0.2) is 0 Å². The highest BCUT2D eigenvalue weighted by atomic mass is 16.5. The van der Waals surface area contributed by atoms with Crippen LogP contribution in [-0.4, -0.2) is 54.5 Å². The Morgan fingerprint density at radius 2 is 2.00 bits per heavy atom. The van der Waals surface area contributed by atoms with Crippen molar-refractivity contribution in [3.8, 4) is 5.75 Å². The van der Waals surface area contributed by atoms with E-state index in [0.29, 0.717) is 24.4 Å². The Bertz CT molecular complexity index is 614. The fraction of sp³-hybridized carbons (Fsp3) is 0.471. The first kappa shape index (κ1) is 17.8. The fourth-order valence-corrected chi connectivity index (χ4v) is 2.84. The molecule has 0 saturated carbocycles. The number of benzene rings is 1. The van der Waals surface area contributed by atoms with E-state index in [0.717, 1.165) is 0 Å². The molecule has 1 N–H and O–H groups in total. The third-order valence-corrected chi connectivity index (χ3v) is 3.99. The average Bonchev–Trinajstić information content (AvgIpc) is 2.95. The van der Waals surface area contributed by atoms with Crippen LogP contribution in [0.15, 0.2) is 24.3 Å². The van der Waals surface area contributed by atoms with E-state index in [1.165, 1.54) is 4.90 Å². The number of aliphatic carboxylic acids is 1. The minimum Gasteiger partial charge on any atom is -0.497 e. The molecule has 1 unspecified atom stereocenters. The molecule has 1 saturated heterocycles. The summed E-state index contributed by atoms with van der Waals surface area (Å²) in [5.74, 6) is -1.28. The second-order valence-electron chi connectivity index (χ2n) is 5.76. The van der Waals surface area contributed by atoms with Crippen LogP contribution in [0.5, 0.6) is 5.75 Å². The zero-order chi connectivity index (χ0) is 17.7. The Kier molecular flexibility index (Phi) is 5.78. The quantitative estimate of drug-likeness (QED) is 0.814. The molecule has 1 atom stereocenters. The van der Waals surface area contributed by atoms with Crippen LogP contribution in [0.1, 0.15) is 19.8 Å². The summed E-state index contributed by atoms with van der Waals surface area (Å²) in [5, 5.41) is 8.95. The predicted octanol–water partition coefficient (Wildman–Crippen LogP) is 1.37. The zero-order valence-electron chi connectivity index (χ0n) is 13.9. The number of rotatable bonds is 7. The van der Waals surface area contributed by atoms with Crippen LogP contribution in [0.25, 0.3) is 0 Å². The van der Waals surface area contributed by atoms with Crippen molar-refractivity contribution in [1.82, 2.24) is 4.90 Å². The molecule has 1 aromatic carbocycles. The van der Waals surface area contributed by atoms with Crippen LogP contribution in [0.3, 0.4) is 0 Å². The number of hydrogen-bond donors (Lipinski definition) is 1. The summed E-state index contributed by atoms with van der Waals surface area (Å²) in [4.78, 5) is 38.6. The highest BCUT2D eigenvalue weighted by molar-refractivity contribution is 6.00.